The van der Waals surface area contributed by atoms with E-state index in [0.717, 1.165) is 9.43 Å². The fourth-order valence-corrected chi connectivity index (χ4v) is 8.76. The maximum absolute atomic E-state index is 10.3. The van der Waals surface area contributed by atoms with E-state index in [9.17, 15) is 5.11 Å². The minimum atomic E-state index is -3.40. The van der Waals surface area contributed by atoms with Crippen molar-refractivity contribution in [1.29, 1.82) is 0 Å². The van der Waals surface area contributed by atoms with E-state index in [4.69, 9.17) is 18.6 Å². The first-order valence-corrected chi connectivity index (χ1v) is 12.3. The van der Waals surface area contributed by atoms with E-state index in [2.05, 4.69) is 20.8 Å². The molecule has 0 bridgehead atoms. The number of hydrogen-bond acceptors (Lipinski definition) is 1. The van der Waals surface area contributed by atoms with Crippen molar-refractivity contribution in [3.05, 3.63) is 48.1 Å². The minimum absolute atomic E-state index is 0.0535. The summed E-state index contributed by atoms with van der Waals surface area (Å²) in [4.78, 5) is 0. The van der Waals surface area contributed by atoms with Crippen LogP contribution in [0.25, 0.3) is 0 Å². The van der Waals surface area contributed by atoms with Crippen LogP contribution in [0.4, 0.5) is 0 Å². The van der Waals surface area contributed by atoms with Crippen LogP contribution in [0.1, 0.15) is 26.3 Å². The third-order valence-electron chi connectivity index (χ3n) is 3.35. The molecule has 2 rings (SSSR count). The molecule has 0 saturated heterocycles. The van der Waals surface area contributed by atoms with Crippen LogP contribution < -0.4 is 3.87 Å². The van der Waals surface area contributed by atoms with Crippen LogP contribution >= 0.6 is 18.6 Å². The van der Waals surface area contributed by atoms with Gasteiger partial charge in [0.05, 0.1) is 0 Å². The molecule has 0 heterocycles. The Kier molecular flexibility index (Phi) is 4.23. The maximum atomic E-state index is 10.3. The molecule has 0 unspecified atom stereocenters. The molecule has 0 aliphatic heterocycles. The quantitative estimate of drug-likeness (QED) is 0.779. The number of hydrogen-bond donors (Lipinski definition) is 1. The van der Waals surface area contributed by atoms with E-state index in [1.54, 1.807) is 6.07 Å². The summed E-state index contributed by atoms with van der Waals surface area (Å²) in [6, 6.07) is 5.55. The summed E-state index contributed by atoms with van der Waals surface area (Å²) in [6.07, 6.45) is 7.98. The Balaban J connectivity index is 2.61. The van der Waals surface area contributed by atoms with Gasteiger partial charge in [0.25, 0.3) is 0 Å². The Morgan fingerprint density at radius 1 is 1.11 bits per heavy atom. The van der Waals surface area contributed by atoms with Crippen LogP contribution in [0.5, 0.6) is 5.75 Å². The molecule has 0 amide bonds. The summed E-state index contributed by atoms with van der Waals surface area (Å²) in [6.45, 7) is 6.33. The summed E-state index contributed by atoms with van der Waals surface area (Å²) >= 11 is -3.40. The van der Waals surface area contributed by atoms with E-state index >= 15 is 0 Å². The average molecular weight is 333 g/mol. The van der Waals surface area contributed by atoms with Gasteiger partial charge in [0, 0.05) is 0 Å². The molecule has 1 aromatic rings. The molecule has 0 atom stereocenters. The van der Waals surface area contributed by atoms with E-state index in [-0.39, 0.29) is 15.4 Å². The number of allylic oxidation sites excluding steroid dienone is 4. The number of phenols is 1. The zero-order valence-electron chi connectivity index (χ0n) is 11.3. The molecule has 4 heteroatoms. The van der Waals surface area contributed by atoms with E-state index in [1.165, 1.54) is 0 Å². The van der Waals surface area contributed by atoms with Crippen molar-refractivity contribution >= 4 is 22.5 Å². The molecule has 1 aliphatic rings. The van der Waals surface area contributed by atoms with Gasteiger partial charge in [-0.05, 0) is 0 Å². The van der Waals surface area contributed by atoms with Gasteiger partial charge < -0.3 is 0 Å². The fourth-order valence-electron chi connectivity index (χ4n) is 2.36. The van der Waals surface area contributed by atoms with Crippen molar-refractivity contribution in [2.75, 3.05) is 0 Å². The third kappa shape index (κ3) is 2.95. The van der Waals surface area contributed by atoms with Gasteiger partial charge in [-0.25, -0.2) is 0 Å². The predicted molar refractivity (Wildman–Crippen MR) is 80.2 cm³/mol. The Hall–Kier alpha value is -0.206. The summed E-state index contributed by atoms with van der Waals surface area (Å²) in [5.41, 5.74) is 0.951. The molecule has 1 aromatic carbocycles. The van der Waals surface area contributed by atoms with E-state index < -0.39 is 14.5 Å². The number of rotatable bonds is 2. The summed E-state index contributed by atoms with van der Waals surface area (Å²) in [5, 5.41) is 10.3. The van der Waals surface area contributed by atoms with Crippen LogP contribution in [0.15, 0.2) is 42.5 Å². The molecule has 0 fully saturated rings. The van der Waals surface area contributed by atoms with Crippen LogP contribution in [0, 0.1) is 0 Å². The topological polar surface area (TPSA) is 20.2 Å². The van der Waals surface area contributed by atoms with Gasteiger partial charge in [-0.1, -0.05) is 0 Å². The van der Waals surface area contributed by atoms with Crippen LogP contribution in [0.2, 0.25) is 4.22 Å². The van der Waals surface area contributed by atoms with Gasteiger partial charge in [0.2, 0.25) is 0 Å². The molecule has 19 heavy (non-hydrogen) atoms. The first kappa shape index (κ1) is 15.2. The van der Waals surface area contributed by atoms with Crippen molar-refractivity contribution in [1.82, 2.24) is 0 Å². The van der Waals surface area contributed by atoms with Crippen LogP contribution in [-0.2, 0) is 19.9 Å². The van der Waals surface area contributed by atoms with Crippen molar-refractivity contribution in [2.24, 2.45) is 0 Å². The fraction of sp³-hybridized carbons (Fsp3) is 0.333. The summed E-state index contributed by atoms with van der Waals surface area (Å²) in [7, 11) is 13.5. The van der Waals surface area contributed by atoms with E-state index in [0.29, 0.717) is 0 Å². The standard InChI is InChI=1S/C10H13O.C5H5.2ClH.Ti/c1-10(2,3)8-5-4-6-9(11)7-8;1-2-4-5-3-1;;;/h4-6,11H,1-3H3;1-5H;2*1H;/q;;;;+2/p-2. The van der Waals surface area contributed by atoms with Crippen molar-refractivity contribution in [3.63, 3.8) is 0 Å². The average Bonchev–Trinajstić information content (AvgIpc) is 2.81. The number of phenolic OH excluding ortho intramolecular Hbond substituents is 1. The van der Waals surface area contributed by atoms with Crippen molar-refractivity contribution < 1.29 is 19.6 Å². The predicted octanol–water partition coefficient (Wildman–Crippen LogP) is 4.69. The van der Waals surface area contributed by atoms with Crippen molar-refractivity contribution in [2.45, 2.75) is 30.4 Å². The molecule has 102 valence electrons. The SMILES string of the molecule is CC(C)(C)c1cccc(O)[c]1[Ti]([Cl])([Cl])[CH]1C=CC=C1. The first-order chi connectivity index (χ1) is 8.74. The normalized spacial score (nSPS) is 16.3. The van der Waals surface area contributed by atoms with Gasteiger partial charge in [-0.3, -0.25) is 0 Å². The van der Waals surface area contributed by atoms with E-state index in [1.807, 2.05) is 36.4 Å². The Morgan fingerprint density at radius 3 is 2.21 bits per heavy atom. The molecule has 0 saturated carbocycles. The second kappa shape index (κ2) is 5.29. The van der Waals surface area contributed by atoms with Gasteiger partial charge in [0.15, 0.2) is 0 Å². The number of benzene rings is 1. The monoisotopic (exact) mass is 332 g/mol. The van der Waals surface area contributed by atoms with Gasteiger partial charge in [0.1, 0.15) is 0 Å². The number of aromatic hydroxyl groups is 1. The number of halogens is 2. The van der Waals surface area contributed by atoms with Crippen molar-refractivity contribution in [3.8, 4) is 5.75 Å². The third-order valence-corrected chi connectivity index (χ3v) is 10.8. The second-order valence-corrected chi connectivity index (χ2v) is 15.3. The Bertz CT molecular complexity index is 530. The Labute approximate surface area is 126 Å². The molecule has 0 spiro atoms. The molecule has 1 nitrogen and oxygen atoms in total. The first-order valence-electron chi connectivity index (χ1n) is 6.30. The molecule has 1 aliphatic carbocycles. The zero-order valence-corrected chi connectivity index (χ0v) is 14.4. The molecule has 0 aromatic heterocycles. The van der Waals surface area contributed by atoms with Gasteiger partial charge >= 0.3 is 126 Å². The molecular formula is C15H18Cl2OTi. The molecular weight excluding hydrogens is 315 g/mol. The van der Waals surface area contributed by atoms with Gasteiger partial charge in [-0.2, -0.15) is 0 Å². The zero-order chi connectivity index (χ0) is 14.3. The molecule has 1 N–H and O–H groups in total. The summed E-state index contributed by atoms with van der Waals surface area (Å²) < 4.78 is 0.845. The second-order valence-electron chi connectivity index (χ2n) is 5.87. The van der Waals surface area contributed by atoms with Crippen LogP contribution in [0.3, 0.4) is 0 Å². The Morgan fingerprint density at radius 2 is 1.68 bits per heavy atom. The van der Waals surface area contributed by atoms with Crippen LogP contribution in [-0.4, -0.2) is 5.11 Å². The molecule has 0 radical (unpaired) electrons. The van der Waals surface area contributed by atoms with Gasteiger partial charge in [-0.15, -0.1) is 0 Å². The summed E-state index contributed by atoms with van der Waals surface area (Å²) in [5.74, 6) is 0.228.